The van der Waals surface area contributed by atoms with E-state index >= 15 is 0 Å². The van der Waals surface area contributed by atoms with E-state index in [0.717, 1.165) is 22.7 Å². The van der Waals surface area contributed by atoms with Crippen LogP contribution in [0.25, 0.3) is 11.4 Å². The number of aromatic nitrogens is 3. The van der Waals surface area contributed by atoms with Gasteiger partial charge in [0.05, 0.1) is 17.6 Å². The summed E-state index contributed by atoms with van der Waals surface area (Å²) in [5.41, 5.74) is 2.87. The molecule has 1 N–H and O–H groups in total. The van der Waals surface area contributed by atoms with Gasteiger partial charge in [-0.05, 0) is 61.9 Å². The Morgan fingerprint density at radius 2 is 1.91 bits per heavy atom. The SMILES string of the molecule is CN(C)Sc1ccc(COc2ccc(-c3ccn[nH]3)nc2)cc1. The van der Waals surface area contributed by atoms with Crippen LogP contribution >= 0.6 is 11.9 Å². The standard InChI is InChI=1S/C17H18N4OS/c1-21(2)23-15-6-3-13(4-7-15)12-22-14-5-8-16(18-11-14)17-9-10-19-20-17/h3-11H,12H2,1-2H3,(H,19,20). The van der Waals surface area contributed by atoms with Crippen LogP contribution in [0.2, 0.25) is 0 Å². The maximum absolute atomic E-state index is 5.78. The summed E-state index contributed by atoms with van der Waals surface area (Å²) >= 11 is 1.70. The lowest BCUT2D eigenvalue weighted by atomic mass is 10.2. The highest BCUT2D eigenvalue weighted by atomic mass is 32.2. The lowest BCUT2D eigenvalue weighted by molar-refractivity contribution is 0.305. The Balaban J connectivity index is 1.57. The zero-order valence-electron chi connectivity index (χ0n) is 13.1. The average molecular weight is 326 g/mol. The van der Waals surface area contributed by atoms with Crippen LogP contribution in [0.5, 0.6) is 5.75 Å². The first-order valence-corrected chi connectivity index (χ1v) is 8.01. The van der Waals surface area contributed by atoms with Gasteiger partial charge in [-0.2, -0.15) is 5.10 Å². The molecule has 23 heavy (non-hydrogen) atoms. The van der Waals surface area contributed by atoms with Gasteiger partial charge >= 0.3 is 0 Å². The first-order chi connectivity index (χ1) is 11.2. The summed E-state index contributed by atoms with van der Waals surface area (Å²) in [6, 6.07) is 14.1. The van der Waals surface area contributed by atoms with Crippen molar-refractivity contribution in [1.29, 1.82) is 0 Å². The van der Waals surface area contributed by atoms with E-state index < -0.39 is 0 Å². The Labute approximate surface area is 139 Å². The molecule has 0 saturated heterocycles. The minimum atomic E-state index is 0.526. The van der Waals surface area contributed by atoms with Crippen molar-refractivity contribution in [3.8, 4) is 17.1 Å². The molecular weight excluding hydrogens is 308 g/mol. The smallest absolute Gasteiger partial charge is 0.138 e. The number of benzene rings is 1. The van der Waals surface area contributed by atoms with E-state index in [4.69, 9.17) is 4.74 Å². The molecule has 0 aliphatic rings. The third kappa shape index (κ3) is 4.34. The van der Waals surface area contributed by atoms with Crippen molar-refractivity contribution in [3.63, 3.8) is 0 Å². The van der Waals surface area contributed by atoms with Gasteiger partial charge in [0.1, 0.15) is 12.4 Å². The van der Waals surface area contributed by atoms with Crippen LogP contribution in [0, 0.1) is 0 Å². The van der Waals surface area contributed by atoms with Crippen LogP contribution in [0.3, 0.4) is 0 Å². The number of aromatic amines is 1. The van der Waals surface area contributed by atoms with Crippen molar-refractivity contribution in [2.24, 2.45) is 0 Å². The number of nitrogens with one attached hydrogen (secondary N) is 1. The quantitative estimate of drug-likeness (QED) is 0.701. The molecule has 2 heterocycles. The lowest BCUT2D eigenvalue weighted by Gasteiger charge is -2.10. The molecule has 3 rings (SSSR count). The largest absolute Gasteiger partial charge is 0.487 e. The number of nitrogens with zero attached hydrogens (tertiary/aromatic N) is 3. The van der Waals surface area contributed by atoms with Gasteiger partial charge in [-0.25, -0.2) is 0 Å². The molecule has 0 aliphatic carbocycles. The van der Waals surface area contributed by atoms with Gasteiger partial charge in [-0.3, -0.25) is 14.4 Å². The number of rotatable bonds is 6. The predicted octanol–water partition coefficient (Wildman–Crippen LogP) is 3.62. The Morgan fingerprint density at radius 1 is 1.09 bits per heavy atom. The zero-order valence-corrected chi connectivity index (χ0v) is 13.9. The van der Waals surface area contributed by atoms with Gasteiger partial charge in [-0.15, -0.1) is 0 Å². The van der Waals surface area contributed by atoms with Crippen molar-refractivity contribution in [2.45, 2.75) is 11.5 Å². The second-order valence-corrected chi connectivity index (χ2v) is 6.57. The van der Waals surface area contributed by atoms with Gasteiger partial charge in [0, 0.05) is 11.1 Å². The predicted molar refractivity (Wildman–Crippen MR) is 92.1 cm³/mol. The molecule has 0 atom stereocenters. The van der Waals surface area contributed by atoms with Crippen molar-refractivity contribution in [3.05, 3.63) is 60.4 Å². The molecule has 0 saturated carbocycles. The molecule has 0 unspecified atom stereocenters. The van der Waals surface area contributed by atoms with Gasteiger partial charge in [-0.1, -0.05) is 12.1 Å². The molecule has 0 spiro atoms. The zero-order chi connectivity index (χ0) is 16.1. The summed E-state index contributed by atoms with van der Waals surface area (Å²) in [6.07, 6.45) is 3.44. The highest BCUT2D eigenvalue weighted by Crippen LogP contribution is 2.21. The van der Waals surface area contributed by atoms with Crippen molar-refractivity contribution in [2.75, 3.05) is 14.1 Å². The number of hydrogen-bond donors (Lipinski definition) is 1. The van der Waals surface area contributed by atoms with Crippen LogP contribution < -0.4 is 4.74 Å². The van der Waals surface area contributed by atoms with E-state index in [2.05, 4.69) is 43.8 Å². The lowest BCUT2D eigenvalue weighted by Crippen LogP contribution is -1.99. The van der Waals surface area contributed by atoms with Crippen molar-refractivity contribution < 1.29 is 4.74 Å². The molecule has 5 nitrogen and oxygen atoms in total. The Bertz CT molecular complexity index is 724. The summed E-state index contributed by atoms with van der Waals surface area (Å²) in [6.45, 7) is 0.526. The van der Waals surface area contributed by atoms with E-state index in [9.17, 15) is 0 Å². The molecule has 0 fully saturated rings. The van der Waals surface area contributed by atoms with Crippen molar-refractivity contribution in [1.82, 2.24) is 19.5 Å². The van der Waals surface area contributed by atoms with Crippen molar-refractivity contribution >= 4 is 11.9 Å². The Morgan fingerprint density at radius 3 is 2.52 bits per heavy atom. The molecule has 0 aliphatic heterocycles. The molecule has 2 aromatic heterocycles. The van der Waals surface area contributed by atoms with E-state index in [-0.39, 0.29) is 0 Å². The fraction of sp³-hybridized carbons (Fsp3) is 0.176. The maximum Gasteiger partial charge on any atom is 0.138 e. The van der Waals surface area contributed by atoms with E-state index in [1.165, 1.54) is 4.90 Å². The normalized spacial score (nSPS) is 10.9. The summed E-state index contributed by atoms with van der Waals surface area (Å²) in [7, 11) is 4.06. The highest BCUT2D eigenvalue weighted by Gasteiger charge is 2.02. The summed E-state index contributed by atoms with van der Waals surface area (Å²) in [4.78, 5) is 5.59. The van der Waals surface area contributed by atoms with Gasteiger partial charge in [0.15, 0.2) is 0 Å². The molecule has 0 radical (unpaired) electrons. The first kappa shape index (κ1) is 15.6. The Hall–Kier alpha value is -2.31. The van der Waals surface area contributed by atoms with Crippen LogP contribution in [-0.4, -0.2) is 33.6 Å². The fourth-order valence-corrected chi connectivity index (χ4v) is 2.73. The number of H-pyrrole nitrogens is 1. The molecule has 6 heteroatoms. The monoisotopic (exact) mass is 326 g/mol. The minimum Gasteiger partial charge on any atom is -0.487 e. The Kier molecular flexibility index (Phi) is 4.95. The summed E-state index contributed by atoms with van der Waals surface area (Å²) in [5, 5.41) is 6.81. The van der Waals surface area contributed by atoms with Gasteiger partial charge < -0.3 is 4.74 Å². The molecular formula is C17H18N4OS. The first-order valence-electron chi connectivity index (χ1n) is 7.23. The fourth-order valence-electron chi connectivity index (χ4n) is 2.05. The molecule has 0 bridgehead atoms. The molecule has 1 aromatic carbocycles. The second-order valence-electron chi connectivity index (χ2n) is 5.19. The molecule has 3 aromatic rings. The average Bonchev–Trinajstić information content (AvgIpc) is 3.09. The van der Waals surface area contributed by atoms with Gasteiger partial charge in [0.25, 0.3) is 0 Å². The minimum absolute atomic E-state index is 0.526. The maximum atomic E-state index is 5.78. The molecule has 118 valence electrons. The van der Waals surface area contributed by atoms with Gasteiger partial charge in [0.2, 0.25) is 0 Å². The molecule has 0 amide bonds. The third-order valence-electron chi connectivity index (χ3n) is 3.13. The topological polar surface area (TPSA) is 54.0 Å². The second kappa shape index (κ2) is 7.30. The summed E-state index contributed by atoms with van der Waals surface area (Å²) in [5.74, 6) is 0.750. The third-order valence-corrected chi connectivity index (χ3v) is 3.98. The van der Waals surface area contributed by atoms with Crippen LogP contribution in [0.1, 0.15) is 5.56 Å². The highest BCUT2D eigenvalue weighted by molar-refractivity contribution is 7.97. The van der Waals surface area contributed by atoms with E-state index in [1.54, 1.807) is 24.3 Å². The summed E-state index contributed by atoms with van der Waals surface area (Å²) < 4.78 is 7.85. The number of ether oxygens (including phenoxy) is 1. The van der Waals surface area contributed by atoms with E-state index in [1.807, 2.05) is 32.3 Å². The van der Waals surface area contributed by atoms with Crippen LogP contribution in [-0.2, 0) is 6.61 Å². The number of pyridine rings is 1. The van der Waals surface area contributed by atoms with E-state index in [0.29, 0.717) is 6.61 Å². The van der Waals surface area contributed by atoms with Crippen LogP contribution in [0.15, 0.2) is 59.8 Å². The number of hydrogen-bond acceptors (Lipinski definition) is 5. The van der Waals surface area contributed by atoms with Crippen LogP contribution in [0.4, 0.5) is 0 Å².